The number of nitrogens with zero attached hydrogens (tertiary/aromatic N) is 2. The number of morpholine rings is 1. The van der Waals surface area contributed by atoms with Crippen molar-refractivity contribution in [2.45, 2.75) is 33.0 Å². The molecule has 1 aromatic heterocycles. The fourth-order valence-corrected chi connectivity index (χ4v) is 4.26. The van der Waals surface area contributed by atoms with E-state index in [1.807, 2.05) is 60.6 Å². The summed E-state index contributed by atoms with van der Waals surface area (Å²) in [5, 5.41) is 0. The lowest BCUT2D eigenvalue weighted by Gasteiger charge is -2.35. The molecule has 0 radical (unpaired) electrons. The first kappa shape index (κ1) is 21.1. The third kappa shape index (κ3) is 4.08. The van der Waals surface area contributed by atoms with Crippen molar-refractivity contribution in [1.29, 1.82) is 0 Å². The van der Waals surface area contributed by atoms with E-state index in [9.17, 15) is 9.18 Å². The van der Waals surface area contributed by atoms with Crippen molar-refractivity contribution in [3.63, 3.8) is 0 Å². The molecule has 1 fully saturated rings. The van der Waals surface area contributed by atoms with Gasteiger partial charge >= 0.3 is 0 Å². The van der Waals surface area contributed by atoms with Crippen LogP contribution in [0.25, 0.3) is 16.9 Å². The molecule has 4 rings (SSSR count). The van der Waals surface area contributed by atoms with Gasteiger partial charge in [0.2, 0.25) is 0 Å². The van der Waals surface area contributed by atoms with Crippen LogP contribution in [0.15, 0.2) is 54.6 Å². The molecule has 1 aliphatic rings. The van der Waals surface area contributed by atoms with E-state index in [0.717, 1.165) is 17.0 Å². The second kappa shape index (κ2) is 8.55. The van der Waals surface area contributed by atoms with Crippen molar-refractivity contribution in [3.05, 3.63) is 71.7 Å². The highest BCUT2D eigenvalue weighted by molar-refractivity contribution is 5.97. The largest absolute Gasteiger partial charge is 0.497 e. The number of hydrogen-bond donors (Lipinski definition) is 0. The Balaban J connectivity index is 1.84. The standard InChI is InChI=1S/C25H27FN2O3/c1-16-14-27(15-17(2)31-16)25(29)21-13-24(19-9-11-20(30-4)12-10-19)28(18(21)3)23-8-6-5-7-22(23)26/h5-13,16-17H,14-15H2,1-4H3/t16-,17-/m0/s1. The van der Waals surface area contributed by atoms with E-state index in [2.05, 4.69) is 0 Å². The summed E-state index contributed by atoms with van der Waals surface area (Å²) in [6, 6.07) is 16.0. The topological polar surface area (TPSA) is 43.7 Å². The molecule has 0 saturated carbocycles. The van der Waals surface area contributed by atoms with Crippen LogP contribution >= 0.6 is 0 Å². The summed E-state index contributed by atoms with van der Waals surface area (Å²) in [4.78, 5) is 15.3. The van der Waals surface area contributed by atoms with Crippen LogP contribution in [0.3, 0.4) is 0 Å². The Morgan fingerprint density at radius 2 is 1.71 bits per heavy atom. The summed E-state index contributed by atoms with van der Waals surface area (Å²) in [5.74, 6) is 0.324. The number of halogens is 1. The molecule has 0 N–H and O–H groups in total. The average molecular weight is 423 g/mol. The summed E-state index contributed by atoms with van der Waals surface area (Å²) in [6.45, 7) is 6.86. The number of hydrogen-bond acceptors (Lipinski definition) is 3. The Morgan fingerprint density at radius 1 is 1.06 bits per heavy atom. The van der Waals surface area contributed by atoms with Gasteiger partial charge in [-0.05, 0) is 68.8 Å². The maximum absolute atomic E-state index is 14.8. The zero-order valence-corrected chi connectivity index (χ0v) is 18.3. The Kier molecular flexibility index (Phi) is 5.83. The highest BCUT2D eigenvalue weighted by Gasteiger charge is 2.30. The van der Waals surface area contributed by atoms with Gasteiger partial charge in [0.25, 0.3) is 5.91 Å². The Morgan fingerprint density at radius 3 is 2.32 bits per heavy atom. The van der Waals surface area contributed by atoms with Gasteiger partial charge < -0.3 is 18.9 Å². The molecule has 162 valence electrons. The number of methoxy groups -OCH3 is 1. The van der Waals surface area contributed by atoms with E-state index in [-0.39, 0.29) is 23.9 Å². The molecule has 6 heteroatoms. The Bertz CT molecular complexity index is 1080. The molecular formula is C25H27FN2O3. The second-order valence-electron chi connectivity index (χ2n) is 8.01. The minimum atomic E-state index is -0.344. The molecule has 2 atom stereocenters. The predicted molar refractivity (Wildman–Crippen MR) is 118 cm³/mol. The van der Waals surface area contributed by atoms with Crippen molar-refractivity contribution in [1.82, 2.24) is 9.47 Å². The van der Waals surface area contributed by atoms with Crippen LogP contribution < -0.4 is 4.74 Å². The van der Waals surface area contributed by atoms with E-state index >= 15 is 0 Å². The van der Waals surface area contributed by atoms with Gasteiger partial charge in [-0.25, -0.2) is 4.39 Å². The maximum atomic E-state index is 14.8. The van der Waals surface area contributed by atoms with Gasteiger partial charge in [0.05, 0.1) is 36.3 Å². The molecule has 2 heterocycles. The van der Waals surface area contributed by atoms with Gasteiger partial charge in [-0.15, -0.1) is 0 Å². The molecular weight excluding hydrogens is 395 g/mol. The first-order valence-corrected chi connectivity index (χ1v) is 10.5. The molecule has 0 unspecified atom stereocenters. The zero-order valence-electron chi connectivity index (χ0n) is 18.3. The van der Waals surface area contributed by atoms with Gasteiger partial charge in [0.1, 0.15) is 11.6 Å². The number of aromatic nitrogens is 1. The number of carbonyl (C=O) groups excluding carboxylic acids is 1. The lowest BCUT2D eigenvalue weighted by Crippen LogP contribution is -2.48. The summed E-state index contributed by atoms with van der Waals surface area (Å²) >= 11 is 0. The van der Waals surface area contributed by atoms with Gasteiger partial charge in [-0.2, -0.15) is 0 Å². The lowest BCUT2D eigenvalue weighted by atomic mass is 10.1. The van der Waals surface area contributed by atoms with Crippen LogP contribution in [0.5, 0.6) is 5.75 Å². The smallest absolute Gasteiger partial charge is 0.255 e. The minimum absolute atomic E-state index is 0.0253. The molecule has 1 amide bonds. The third-order valence-corrected chi connectivity index (χ3v) is 5.66. The van der Waals surface area contributed by atoms with Crippen molar-refractivity contribution >= 4 is 5.91 Å². The molecule has 0 aliphatic carbocycles. The molecule has 3 aromatic rings. The lowest BCUT2D eigenvalue weighted by molar-refractivity contribution is -0.0586. The van der Waals surface area contributed by atoms with Crippen LogP contribution in [0, 0.1) is 12.7 Å². The first-order chi connectivity index (χ1) is 14.9. The number of carbonyl (C=O) groups is 1. The summed E-state index contributed by atoms with van der Waals surface area (Å²) in [7, 11) is 1.61. The molecule has 0 spiro atoms. The van der Waals surface area contributed by atoms with E-state index < -0.39 is 0 Å². The minimum Gasteiger partial charge on any atom is -0.497 e. The van der Waals surface area contributed by atoms with Crippen LogP contribution in [-0.4, -0.2) is 47.8 Å². The third-order valence-electron chi connectivity index (χ3n) is 5.66. The van der Waals surface area contributed by atoms with Gasteiger partial charge in [0, 0.05) is 18.8 Å². The van der Waals surface area contributed by atoms with Gasteiger partial charge in [0.15, 0.2) is 0 Å². The van der Waals surface area contributed by atoms with Crippen molar-refractivity contribution in [2.24, 2.45) is 0 Å². The Labute approximate surface area is 182 Å². The van der Waals surface area contributed by atoms with Crippen molar-refractivity contribution < 1.29 is 18.7 Å². The molecule has 31 heavy (non-hydrogen) atoms. The molecule has 1 saturated heterocycles. The van der Waals surface area contributed by atoms with Crippen LogP contribution in [0.2, 0.25) is 0 Å². The zero-order chi connectivity index (χ0) is 22.1. The van der Waals surface area contributed by atoms with Crippen LogP contribution in [0.4, 0.5) is 4.39 Å². The van der Waals surface area contributed by atoms with E-state index in [1.165, 1.54) is 6.07 Å². The summed E-state index contributed by atoms with van der Waals surface area (Å²) in [5.41, 5.74) is 3.30. The first-order valence-electron chi connectivity index (χ1n) is 10.5. The highest BCUT2D eigenvalue weighted by atomic mass is 19.1. The molecule has 2 aromatic carbocycles. The molecule has 0 bridgehead atoms. The van der Waals surface area contributed by atoms with Crippen LogP contribution in [-0.2, 0) is 4.74 Å². The number of amides is 1. The average Bonchev–Trinajstić information content (AvgIpc) is 3.10. The van der Waals surface area contributed by atoms with E-state index in [4.69, 9.17) is 9.47 Å². The molecule has 1 aliphatic heterocycles. The number of para-hydroxylation sites is 1. The summed E-state index contributed by atoms with van der Waals surface area (Å²) in [6.07, 6.45) is -0.0505. The monoisotopic (exact) mass is 422 g/mol. The van der Waals surface area contributed by atoms with Crippen LogP contribution in [0.1, 0.15) is 29.9 Å². The van der Waals surface area contributed by atoms with Crippen molar-refractivity contribution in [3.8, 4) is 22.7 Å². The maximum Gasteiger partial charge on any atom is 0.255 e. The quantitative estimate of drug-likeness (QED) is 0.604. The van der Waals surface area contributed by atoms with Gasteiger partial charge in [-0.3, -0.25) is 4.79 Å². The number of rotatable bonds is 4. The van der Waals surface area contributed by atoms with E-state index in [1.54, 1.807) is 25.3 Å². The fourth-order valence-electron chi connectivity index (χ4n) is 4.26. The van der Waals surface area contributed by atoms with Crippen molar-refractivity contribution in [2.75, 3.05) is 20.2 Å². The second-order valence-corrected chi connectivity index (χ2v) is 8.01. The normalized spacial score (nSPS) is 18.8. The van der Waals surface area contributed by atoms with E-state index in [0.29, 0.717) is 30.0 Å². The number of benzene rings is 2. The fraction of sp³-hybridized carbons (Fsp3) is 0.320. The number of ether oxygens (including phenoxy) is 2. The molecule has 5 nitrogen and oxygen atoms in total. The van der Waals surface area contributed by atoms with Gasteiger partial charge in [-0.1, -0.05) is 12.1 Å². The SMILES string of the molecule is COc1ccc(-c2cc(C(=O)N3C[C@H](C)O[C@@H](C)C3)c(C)n2-c2ccccc2F)cc1. The summed E-state index contributed by atoms with van der Waals surface area (Å²) < 4.78 is 27.6. The predicted octanol–water partition coefficient (Wildman–Crippen LogP) is 4.85. The highest BCUT2D eigenvalue weighted by Crippen LogP contribution is 2.32. The Hall–Kier alpha value is -3.12.